The lowest BCUT2D eigenvalue weighted by Gasteiger charge is -2.33. The molecule has 4 atom stereocenters. The lowest BCUT2D eigenvalue weighted by atomic mass is 9.93. The highest BCUT2D eigenvalue weighted by atomic mass is 16.7. The van der Waals surface area contributed by atoms with Crippen LogP contribution in [0.25, 0.3) is 0 Å². The summed E-state index contributed by atoms with van der Waals surface area (Å²) in [5.74, 6) is -0.0847. The van der Waals surface area contributed by atoms with E-state index in [0.717, 1.165) is 16.8 Å². The Kier molecular flexibility index (Phi) is 8.32. The van der Waals surface area contributed by atoms with Gasteiger partial charge in [0.1, 0.15) is 12.7 Å². The molecule has 3 aromatic carbocycles. The van der Waals surface area contributed by atoms with Crippen molar-refractivity contribution in [2.24, 2.45) is 0 Å². The molecular formula is C32H24N2O9. The van der Waals surface area contributed by atoms with E-state index in [1.165, 1.54) is 24.3 Å². The second kappa shape index (κ2) is 12.4. The monoisotopic (exact) mass is 580 g/mol. The van der Waals surface area contributed by atoms with Gasteiger partial charge in [0.25, 0.3) is 11.2 Å². The van der Waals surface area contributed by atoms with E-state index in [2.05, 4.69) is 10.9 Å². The molecule has 1 N–H and O–H groups in total. The first kappa shape index (κ1) is 28.8. The summed E-state index contributed by atoms with van der Waals surface area (Å²) < 4.78 is 24.2. The first-order chi connectivity index (χ1) is 20.8. The average molecular weight is 581 g/mol. The van der Waals surface area contributed by atoms with E-state index >= 15 is 0 Å². The Morgan fingerprint density at radius 1 is 0.814 bits per heavy atom. The van der Waals surface area contributed by atoms with Gasteiger partial charge in [0.05, 0.1) is 16.7 Å². The van der Waals surface area contributed by atoms with Gasteiger partial charge < -0.3 is 18.9 Å². The zero-order chi connectivity index (χ0) is 30.4. The number of aromatic amines is 1. The molecule has 1 aliphatic rings. The Bertz CT molecular complexity index is 1780. The average Bonchev–Trinajstić information content (AvgIpc) is 3.33. The van der Waals surface area contributed by atoms with Crippen molar-refractivity contribution in [3.05, 3.63) is 141 Å². The van der Waals surface area contributed by atoms with Gasteiger partial charge >= 0.3 is 23.6 Å². The third-order valence-corrected chi connectivity index (χ3v) is 6.66. The Labute approximate surface area is 244 Å². The van der Waals surface area contributed by atoms with Crippen molar-refractivity contribution in [3.8, 4) is 12.3 Å². The van der Waals surface area contributed by atoms with Crippen LogP contribution in [0.2, 0.25) is 0 Å². The molecule has 0 radical (unpaired) electrons. The van der Waals surface area contributed by atoms with Gasteiger partial charge in [0.2, 0.25) is 0 Å². The number of nitrogens with one attached hydrogen (secondary N) is 1. The standard InChI is InChI=1S/C32H24N2O9/c1-2-32(43-29(38)23-16-10-5-11-17-23)26(42-28(37)22-14-8-4-9-15-22)24(20-40-27(36)21-12-6-3-7-13-21)41-30(32)34-19-18-25(35)33-31(34)39/h1,3-19,24,26,30H,20H2,(H,33,35,39)/t24?,26?,30?,32-/m1/s1. The van der Waals surface area contributed by atoms with Crippen LogP contribution in [0.5, 0.6) is 0 Å². The molecule has 2 heterocycles. The molecule has 11 nitrogen and oxygen atoms in total. The summed E-state index contributed by atoms with van der Waals surface area (Å²) in [5, 5.41) is 0. The van der Waals surface area contributed by atoms with E-state index in [4.69, 9.17) is 25.4 Å². The molecule has 4 aromatic rings. The molecule has 0 aliphatic carbocycles. The van der Waals surface area contributed by atoms with Crippen molar-refractivity contribution < 1.29 is 33.3 Å². The second-order valence-corrected chi connectivity index (χ2v) is 9.39. The van der Waals surface area contributed by atoms with Crippen LogP contribution < -0.4 is 11.2 Å². The first-order valence-electron chi connectivity index (χ1n) is 13.0. The SMILES string of the molecule is C#C[C@@]1(OC(=O)c2ccccc2)C(OC(=O)c2ccccc2)C(COC(=O)c2ccccc2)OC1n1ccc(=O)[nH]c1=O. The number of hydrogen-bond acceptors (Lipinski definition) is 9. The molecule has 0 saturated carbocycles. The number of carbonyl (C=O) groups is 3. The minimum Gasteiger partial charge on any atom is -0.459 e. The fourth-order valence-corrected chi connectivity index (χ4v) is 4.58. The molecule has 3 unspecified atom stereocenters. The number of carbonyl (C=O) groups excluding carboxylic acids is 3. The predicted molar refractivity (Wildman–Crippen MR) is 151 cm³/mol. The lowest BCUT2D eigenvalue weighted by Crippen LogP contribution is -2.53. The van der Waals surface area contributed by atoms with Crippen LogP contribution in [-0.4, -0.2) is 51.9 Å². The summed E-state index contributed by atoms with van der Waals surface area (Å²) in [6.45, 7) is -0.513. The summed E-state index contributed by atoms with van der Waals surface area (Å²) in [7, 11) is 0. The van der Waals surface area contributed by atoms with Crippen LogP contribution in [0.4, 0.5) is 0 Å². The maximum Gasteiger partial charge on any atom is 0.339 e. The number of hydrogen-bond donors (Lipinski definition) is 1. The van der Waals surface area contributed by atoms with E-state index in [-0.39, 0.29) is 16.7 Å². The molecule has 1 saturated heterocycles. The quantitative estimate of drug-likeness (QED) is 0.189. The van der Waals surface area contributed by atoms with E-state index in [1.807, 2.05) is 0 Å². The minimum absolute atomic E-state index is 0.108. The predicted octanol–water partition coefficient (Wildman–Crippen LogP) is 2.75. The van der Waals surface area contributed by atoms with E-state index in [9.17, 15) is 24.0 Å². The van der Waals surface area contributed by atoms with Gasteiger partial charge in [0.15, 0.2) is 12.3 Å². The van der Waals surface area contributed by atoms with E-state index < -0.39 is 59.8 Å². The largest absolute Gasteiger partial charge is 0.459 e. The van der Waals surface area contributed by atoms with Gasteiger partial charge in [0, 0.05) is 12.3 Å². The molecule has 216 valence electrons. The Morgan fingerprint density at radius 3 is 1.88 bits per heavy atom. The number of H-pyrrole nitrogens is 1. The van der Waals surface area contributed by atoms with Crippen LogP contribution in [0.3, 0.4) is 0 Å². The number of esters is 3. The summed E-state index contributed by atoms with van der Waals surface area (Å²) >= 11 is 0. The molecule has 5 rings (SSSR count). The maximum absolute atomic E-state index is 13.4. The number of terminal acetylenes is 1. The molecule has 1 aromatic heterocycles. The van der Waals surface area contributed by atoms with E-state index in [1.54, 1.807) is 66.7 Å². The summed E-state index contributed by atoms with van der Waals surface area (Å²) in [4.78, 5) is 66.3. The minimum atomic E-state index is -2.27. The molecule has 1 fully saturated rings. The maximum atomic E-state index is 13.4. The zero-order valence-corrected chi connectivity index (χ0v) is 22.5. The number of nitrogens with zero attached hydrogens (tertiary/aromatic N) is 1. The summed E-state index contributed by atoms with van der Waals surface area (Å²) in [6.07, 6.45) is 2.58. The number of aromatic nitrogens is 2. The Morgan fingerprint density at radius 2 is 1.35 bits per heavy atom. The van der Waals surface area contributed by atoms with Gasteiger partial charge in [-0.2, -0.15) is 0 Å². The van der Waals surface area contributed by atoms with Gasteiger partial charge in [-0.05, 0) is 42.3 Å². The van der Waals surface area contributed by atoms with Crippen LogP contribution in [0, 0.1) is 12.3 Å². The third-order valence-electron chi connectivity index (χ3n) is 6.66. The normalized spacial score (nSPS) is 20.9. The highest BCUT2D eigenvalue weighted by molar-refractivity contribution is 5.91. The van der Waals surface area contributed by atoms with Crippen molar-refractivity contribution in [3.63, 3.8) is 0 Å². The number of benzene rings is 3. The van der Waals surface area contributed by atoms with Crippen molar-refractivity contribution in [2.45, 2.75) is 24.0 Å². The molecule has 43 heavy (non-hydrogen) atoms. The molecule has 0 bridgehead atoms. The second-order valence-electron chi connectivity index (χ2n) is 9.39. The van der Waals surface area contributed by atoms with Crippen molar-refractivity contribution in [1.82, 2.24) is 9.55 Å². The van der Waals surface area contributed by atoms with Crippen molar-refractivity contribution in [1.29, 1.82) is 0 Å². The van der Waals surface area contributed by atoms with Crippen LogP contribution >= 0.6 is 0 Å². The Hall–Kier alpha value is -5.73. The van der Waals surface area contributed by atoms with Gasteiger partial charge in [-0.3, -0.25) is 14.3 Å². The zero-order valence-electron chi connectivity index (χ0n) is 22.5. The van der Waals surface area contributed by atoms with Gasteiger partial charge in [-0.15, -0.1) is 6.42 Å². The highest BCUT2D eigenvalue weighted by Crippen LogP contribution is 2.43. The lowest BCUT2D eigenvalue weighted by molar-refractivity contribution is -0.0896. The fraction of sp³-hybridized carbons (Fsp3) is 0.156. The molecule has 11 heteroatoms. The molecule has 0 amide bonds. The summed E-state index contributed by atoms with van der Waals surface area (Å²) in [5.41, 5.74) is -3.42. The molecule has 0 spiro atoms. The fourth-order valence-electron chi connectivity index (χ4n) is 4.58. The number of ether oxygens (including phenoxy) is 4. The smallest absolute Gasteiger partial charge is 0.339 e. The van der Waals surface area contributed by atoms with Crippen molar-refractivity contribution in [2.75, 3.05) is 6.61 Å². The summed E-state index contributed by atoms with van der Waals surface area (Å²) in [6, 6.07) is 25.0. The van der Waals surface area contributed by atoms with Gasteiger partial charge in [-0.25, -0.2) is 19.2 Å². The van der Waals surface area contributed by atoms with Crippen molar-refractivity contribution >= 4 is 17.9 Å². The van der Waals surface area contributed by atoms with Crippen LogP contribution in [0.15, 0.2) is 113 Å². The van der Waals surface area contributed by atoms with E-state index in [0.29, 0.717) is 0 Å². The first-order valence-corrected chi connectivity index (χ1v) is 13.0. The van der Waals surface area contributed by atoms with Crippen LogP contribution in [0.1, 0.15) is 37.3 Å². The Balaban J connectivity index is 1.59. The molecule has 1 aliphatic heterocycles. The van der Waals surface area contributed by atoms with Crippen LogP contribution in [-0.2, 0) is 18.9 Å². The van der Waals surface area contributed by atoms with Gasteiger partial charge in [-0.1, -0.05) is 54.6 Å². The number of rotatable bonds is 8. The third kappa shape index (κ3) is 6.00. The topological polar surface area (TPSA) is 143 Å². The highest BCUT2D eigenvalue weighted by Gasteiger charge is 2.63. The molecular weight excluding hydrogens is 556 g/mol.